The molecule has 0 spiro atoms. The van der Waals surface area contributed by atoms with E-state index in [1.807, 2.05) is 18.2 Å². The van der Waals surface area contributed by atoms with Gasteiger partial charge >= 0.3 is 5.97 Å². The monoisotopic (exact) mass is 408 g/mol. The van der Waals surface area contributed by atoms with Crippen molar-refractivity contribution in [2.24, 2.45) is 5.92 Å². The lowest BCUT2D eigenvalue weighted by molar-refractivity contribution is -0.138. The fraction of sp³-hybridized carbons (Fsp3) is 0.381. The molecule has 0 radical (unpaired) electrons. The van der Waals surface area contributed by atoms with E-state index in [0.717, 1.165) is 48.2 Å². The number of aryl methyl sites for hydroxylation is 1. The van der Waals surface area contributed by atoms with Gasteiger partial charge in [0.25, 0.3) is 5.88 Å². The molecule has 30 heavy (non-hydrogen) atoms. The number of hydrogen-bond donors (Lipinski definition) is 2. The molecule has 6 rings (SSSR count). The maximum Gasteiger partial charge on any atom is 0.326 e. The van der Waals surface area contributed by atoms with Crippen molar-refractivity contribution in [2.45, 2.75) is 31.8 Å². The van der Waals surface area contributed by atoms with E-state index < -0.39 is 12.0 Å². The largest absolute Gasteiger partial charge is 0.491 e. The maximum absolute atomic E-state index is 11.7. The molecule has 2 aromatic heterocycles. The van der Waals surface area contributed by atoms with Crippen LogP contribution in [0.2, 0.25) is 0 Å². The highest BCUT2D eigenvalue weighted by Gasteiger charge is 2.36. The van der Waals surface area contributed by atoms with Gasteiger partial charge in [0.05, 0.1) is 17.7 Å². The minimum atomic E-state index is -0.833. The number of aliphatic carboxylic acids is 1. The van der Waals surface area contributed by atoms with Crippen molar-refractivity contribution in [1.82, 2.24) is 14.5 Å². The number of benzene rings is 1. The number of hydrogen-bond acceptors (Lipinski definition) is 7. The van der Waals surface area contributed by atoms with Crippen molar-refractivity contribution in [3.8, 4) is 28.8 Å². The number of ether oxygens (including phenoxy) is 3. The third kappa shape index (κ3) is 2.72. The molecule has 0 amide bonds. The molecule has 1 atom stereocenters. The van der Waals surface area contributed by atoms with Gasteiger partial charge in [-0.1, -0.05) is 0 Å². The quantitative estimate of drug-likeness (QED) is 0.664. The van der Waals surface area contributed by atoms with E-state index in [-0.39, 0.29) is 12.7 Å². The van der Waals surface area contributed by atoms with Crippen molar-refractivity contribution < 1.29 is 24.1 Å². The van der Waals surface area contributed by atoms with Crippen LogP contribution in [0.4, 0.5) is 5.69 Å². The number of pyridine rings is 1. The van der Waals surface area contributed by atoms with Gasteiger partial charge in [-0.25, -0.2) is 14.8 Å². The number of nitrogens with one attached hydrogen (secondary N) is 1. The Hall–Kier alpha value is -3.49. The third-order valence-corrected chi connectivity index (χ3v) is 5.78. The SMILES string of the molecule is O=C(O)[C@@H](Nc1cc2c3c(c1)nc(-c1ccnc4c1OCO4)n3CCCO2)C1CC1. The summed E-state index contributed by atoms with van der Waals surface area (Å²) in [6, 6.07) is 5.04. The molecule has 1 fully saturated rings. The second-order valence-corrected chi connectivity index (χ2v) is 7.83. The highest BCUT2D eigenvalue weighted by molar-refractivity contribution is 5.91. The molecule has 2 aliphatic heterocycles. The minimum absolute atomic E-state index is 0.139. The number of carboxylic acid groups (broad SMARTS) is 1. The van der Waals surface area contributed by atoms with Crippen molar-refractivity contribution in [1.29, 1.82) is 0 Å². The average Bonchev–Trinajstić information content (AvgIpc) is 3.40. The fourth-order valence-corrected chi connectivity index (χ4v) is 4.23. The molecule has 9 nitrogen and oxygen atoms in total. The van der Waals surface area contributed by atoms with E-state index in [1.165, 1.54) is 0 Å². The maximum atomic E-state index is 11.7. The Labute approximate surface area is 171 Å². The lowest BCUT2D eigenvalue weighted by atomic mass is 10.1. The van der Waals surface area contributed by atoms with Gasteiger partial charge in [-0.2, -0.15) is 0 Å². The summed E-state index contributed by atoms with van der Waals surface area (Å²) in [7, 11) is 0. The van der Waals surface area contributed by atoms with Gasteiger partial charge < -0.3 is 29.2 Å². The van der Waals surface area contributed by atoms with E-state index in [4.69, 9.17) is 19.2 Å². The second kappa shape index (κ2) is 6.51. The first-order valence-electron chi connectivity index (χ1n) is 10.1. The smallest absolute Gasteiger partial charge is 0.326 e. The average molecular weight is 408 g/mol. The first-order chi connectivity index (χ1) is 14.7. The topological polar surface area (TPSA) is 108 Å². The summed E-state index contributed by atoms with van der Waals surface area (Å²) in [5.41, 5.74) is 3.17. The Balaban J connectivity index is 1.49. The van der Waals surface area contributed by atoms with Gasteiger partial charge in [-0.15, -0.1) is 0 Å². The van der Waals surface area contributed by atoms with Crippen LogP contribution in [0, 0.1) is 5.92 Å². The summed E-state index contributed by atoms with van der Waals surface area (Å²) >= 11 is 0. The lowest BCUT2D eigenvalue weighted by Gasteiger charge is -2.16. The molecular weight excluding hydrogens is 388 g/mol. The Morgan fingerprint density at radius 1 is 1.27 bits per heavy atom. The van der Waals surface area contributed by atoms with Gasteiger partial charge in [-0.05, 0) is 37.3 Å². The van der Waals surface area contributed by atoms with Crippen LogP contribution in [0.3, 0.4) is 0 Å². The van der Waals surface area contributed by atoms with Gasteiger partial charge in [0.2, 0.25) is 6.79 Å². The number of rotatable bonds is 5. The van der Waals surface area contributed by atoms with Crippen LogP contribution < -0.4 is 19.5 Å². The summed E-state index contributed by atoms with van der Waals surface area (Å²) in [6.45, 7) is 1.47. The zero-order chi connectivity index (χ0) is 20.2. The highest BCUT2D eigenvalue weighted by atomic mass is 16.7. The number of aromatic nitrogens is 3. The molecule has 0 bridgehead atoms. The summed E-state index contributed by atoms with van der Waals surface area (Å²) in [5, 5.41) is 12.8. The predicted octanol–water partition coefficient (Wildman–Crippen LogP) is 2.88. The molecule has 2 N–H and O–H groups in total. The summed E-state index contributed by atoms with van der Waals surface area (Å²) in [6.07, 6.45) is 4.39. The molecule has 0 unspecified atom stereocenters. The van der Waals surface area contributed by atoms with Crippen LogP contribution in [-0.2, 0) is 11.3 Å². The molecule has 1 aromatic carbocycles. The van der Waals surface area contributed by atoms with E-state index >= 15 is 0 Å². The Bertz CT molecular complexity index is 1170. The van der Waals surface area contributed by atoms with Crippen LogP contribution >= 0.6 is 0 Å². The Morgan fingerprint density at radius 3 is 3.00 bits per heavy atom. The molecule has 1 aliphatic carbocycles. The molecule has 4 heterocycles. The van der Waals surface area contributed by atoms with Gasteiger partial charge in [0, 0.05) is 24.5 Å². The Morgan fingerprint density at radius 2 is 2.17 bits per heavy atom. The minimum Gasteiger partial charge on any atom is -0.491 e. The van der Waals surface area contributed by atoms with Crippen molar-refractivity contribution >= 4 is 22.7 Å². The van der Waals surface area contributed by atoms with Crippen LogP contribution in [-0.4, -0.2) is 45.1 Å². The van der Waals surface area contributed by atoms with Crippen LogP contribution in [0.1, 0.15) is 19.3 Å². The number of fused-ring (bicyclic) bond motifs is 1. The normalized spacial score (nSPS) is 18.0. The molecule has 3 aliphatic rings. The van der Waals surface area contributed by atoms with E-state index in [2.05, 4.69) is 14.9 Å². The van der Waals surface area contributed by atoms with Crippen LogP contribution in [0.5, 0.6) is 17.4 Å². The number of anilines is 1. The lowest BCUT2D eigenvalue weighted by Crippen LogP contribution is -2.31. The zero-order valence-electron chi connectivity index (χ0n) is 16.1. The number of nitrogens with zero attached hydrogens (tertiary/aromatic N) is 3. The van der Waals surface area contributed by atoms with E-state index in [1.54, 1.807) is 6.20 Å². The van der Waals surface area contributed by atoms with Gasteiger partial charge in [0.1, 0.15) is 23.1 Å². The first kappa shape index (κ1) is 17.4. The fourth-order valence-electron chi connectivity index (χ4n) is 4.23. The van der Waals surface area contributed by atoms with Gasteiger partial charge in [0.15, 0.2) is 5.75 Å². The van der Waals surface area contributed by atoms with Crippen molar-refractivity contribution in [3.05, 3.63) is 24.4 Å². The summed E-state index contributed by atoms with van der Waals surface area (Å²) in [4.78, 5) is 20.8. The van der Waals surface area contributed by atoms with Crippen molar-refractivity contribution in [3.63, 3.8) is 0 Å². The molecule has 9 heteroatoms. The second-order valence-electron chi connectivity index (χ2n) is 7.83. The molecule has 154 valence electrons. The highest BCUT2D eigenvalue weighted by Crippen LogP contribution is 2.43. The number of carboxylic acids is 1. The molecular formula is C21H20N4O5. The Kier molecular flexibility index (Phi) is 3.77. The summed E-state index contributed by atoms with van der Waals surface area (Å²) in [5.74, 6) is 1.86. The molecule has 0 saturated heterocycles. The van der Waals surface area contributed by atoms with E-state index in [0.29, 0.717) is 29.7 Å². The van der Waals surface area contributed by atoms with Crippen molar-refractivity contribution in [2.75, 3.05) is 18.7 Å². The summed E-state index contributed by atoms with van der Waals surface area (Å²) < 4.78 is 19.2. The van der Waals surface area contributed by atoms with E-state index in [9.17, 15) is 9.90 Å². The first-order valence-corrected chi connectivity index (χ1v) is 10.1. The molecule has 1 saturated carbocycles. The molecule has 3 aromatic rings. The number of carbonyl (C=O) groups is 1. The van der Waals surface area contributed by atoms with Gasteiger partial charge in [-0.3, -0.25) is 0 Å². The predicted molar refractivity (Wildman–Crippen MR) is 107 cm³/mol. The number of imidazole rings is 1. The van der Waals surface area contributed by atoms with Crippen LogP contribution in [0.25, 0.3) is 22.4 Å². The zero-order valence-corrected chi connectivity index (χ0v) is 16.1. The van der Waals surface area contributed by atoms with Crippen LogP contribution in [0.15, 0.2) is 24.4 Å². The third-order valence-electron chi connectivity index (χ3n) is 5.78. The standard InChI is InChI=1S/C21H20N4O5/c26-21(27)16(11-2-3-11)23-12-8-14-17-15(9-12)28-7-1-6-25(17)19(24-14)13-4-5-22-20-18(13)29-10-30-20/h4-5,8-9,11,16,23H,1-3,6-7,10H2,(H,26,27)/t16-/m0/s1.